The first kappa shape index (κ1) is 14.0. The molecule has 2 aromatic heterocycles. The first-order valence-corrected chi connectivity index (χ1v) is 6.57. The van der Waals surface area contributed by atoms with Crippen LogP contribution in [0.15, 0.2) is 28.5 Å². The first-order chi connectivity index (χ1) is 9.40. The van der Waals surface area contributed by atoms with Crippen LogP contribution in [0, 0.1) is 6.92 Å². The quantitative estimate of drug-likeness (QED) is 0.901. The first-order valence-electron chi connectivity index (χ1n) is 5.69. The lowest BCUT2D eigenvalue weighted by atomic mass is 10.2. The van der Waals surface area contributed by atoms with Crippen molar-refractivity contribution in [1.29, 1.82) is 0 Å². The lowest BCUT2D eigenvalue weighted by Crippen LogP contribution is -2.20. The number of nitrogens with zero attached hydrogens (tertiary/aromatic N) is 1. The van der Waals surface area contributed by atoms with E-state index in [4.69, 9.17) is 5.11 Å². The van der Waals surface area contributed by atoms with Crippen LogP contribution in [0.4, 0.5) is 5.69 Å². The summed E-state index contributed by atoms with van der Waals surface area (Å²) in [5.74, 6) is -1.60. The number of carboxylic acid groups (broad SMARTS) is 1. The Morgan fingerprint density at radius 2 is 2.10 bits per heavy atom. The number of carbonyl (C=O) groups is 2. The SMILES string of the molecule is Cc1csc(C(=O)O)c1NC(=O)c1ccn(C)c(=O)c1. The number of thiophene rings is 1. The molecule has 6 nitrogen and oxygen atoms in total. The number of hydrogen-bond donors (Lipinski definition) is 2. The summed E-state index contributed by atoms with van der Waals surface area (Å²) in [4.78, 5) is 34.7. The van der Waals surface area contributed by atoms with Crippen LogP contribution in [0.5, 0.6) is 0 Å². The molecule has 0 aliphatic heterocycles. The highest BCUT2D eigenvalue weighted by Gasteiger charge is 2.18. The third-order valence-electron chi connectivity index (χ3n) is 2.77. The number of aryl methyl sites for hydroxylation is 2. The van der Waals surface area contributed by atoms with E-state index in [0.29, 0.717) is 5.56 Å². The van der Waals surface area contributed by atoms with Gasteiger partial charge in [-0.2, -0.15) is 0 Å². The fourth-order valence-electron chi connectivity index (χ4n) is 1.63. The number of carbonyl (C=O) groups excluding carboxylic acids is 1. The molecule has 20 heavy (non-hydrogen) atoms. The van der Waals surface area contributed by atoms with Gasteiger partial charge in [0.25, 0.3) is 11.5 Å². The minimum atomic E-state index is -1.10. The second-order valence-corrected chi connectivity index (χ2v) is 5.13. The lowest BCUT2D eigenvalue weighted by Gasteiger charge is -2.06. The number of amides is 1. The second-order valence-electron chi connectivity index (χ2n) is 4.25. The Morgan fingerprint density at radius 1 is 1.40 bits per heavy atom. The molecule has 2 aromatic rings. The molecular formula is C13H12N2O4S. The molecule has 2 N–H and O–H groups in total. The van der Waals surface area contributed by atoms with Gasteiger partial charge < -0.3 is 15.0 Å². The maximum atomic E-state index is 12.1. The Hall–Kier alpha value is -2.41. The van der Waals surface area contributed by atoms with Gasteiger partial charge in [-0.1, -0.05) is 0 Å². The van der Waals surface area contributed by atoms with Gasteiger partial charge >= 0.3 is 5.97 Å². The highest BCUT2D eigenvalue weighted by molar-refractivity contribution is 7.12. The molecule has 7 heteroatoms. The van der Waals surface area contributed by atoms with E-state index in [1.54, 1.807) is 19.4 Å². The summed E-state index contributed by atoms with van der Waals surface area (Å²) in [5.41, 5.74) is 0.825. The van der Waals surface area contributed by atoms with Crippen LogP contribution >= 0.6 is 11.3 Å². The highest BCUT2D eigenvalue weighted by atomic mass is 32.1. The van der Waals surface area contributed by atoms with Crippen molar-refractivity contribution in [3.05, 3.63) is 50.1 Å². The van der Waals surface area contributed by atoms with Crippen molar-refractivity contribution in [1.82, 2.24) is 4.57 Å². The summed E-state index contributed by atoms with van der Waals surface area (Å²) in [6.45, 7) is 1.71. The van der Waals surface area contributed by atoms with Crippen molar-refractivity contribution in [2.75, 3.05) is 5.32 Å². The molecule has 104 valence electrons. The summed E-state index contributed by atoms with van der Waals surface area (Å²) in [7, 11) is 1.58. The van der Waals surface area contributed by atoms with Gasteiger partial charge in [-0.15, -0.1) is 11.3 Å². The number of hydrogen-bond acceptors (Lipinski definition) is 4. The van der Waals surface area contributed by atoms with E-state index in [9.17, 15) is 14.4 Å². The summed E-state index contributed by atoms with van der Waals surface area (Å²) >= 11 is 1.05. The number of carboxylic acids is 1. The van der Waals surface area contributed by atoms with Gasteiger partial charge in [0.1, 0.15) is 4.88 Å². The fourth-order valence-corrected chi connectivity index (χ4v) is 2.48. The maximum Gasteiger partial charge on any atom is 0.348 e. The second kappa shape index (κ2) is 5.30. The molecule has 0 fully saturated rings. The normalized spacial score (nSPS) is 10.3. The van der Waals surface area contributed by atoms with Crippen LogP contribution in [0.25, 0.3) is 0 Å². The van der Waals surface area contributed by atoms with Crippen LogP contribution < -0.4 is 10.9 Å². The average Bonchev–Trinajstić information content (AvgIpc) is 2.74. The third-order valence-corrected chi connectivity index (χ3v) is 3.86. The smallest absolute Gasteiger partial charge is 0.348 e. The summed E-state index contributed by atoms with van der Waals surface area (Å²) in [6.07, 6.45) is 1.48. The van der Waals surface area contributed by atoms with Gasteiger partial charge in [-0.25, -0.2) is 4.79 Å². The Bertz CT molecular complexity index is 745. The van der Waals surface area contributed by atoms with Crippen LogP contribution in [0.2, 0.25) is 0 Å². The summed E-state index contributed by atoms with van der Waals surface area (Å²) in [5, 5.41) is 13.3. The van der Waals surface area contributed by atoms with Crippen LogP contribution in [0.3, 0.4) is 0 Å². The van der Waals surface area contributed by atoms with Crippen LogP contribution in [-0.2, 0) is 7.05 Å². The van der Waals surface area contributed by atoms with Crippen molar-refractivity contribution in [3.63, 3.8) is 0 Å². The predicted octanol–water partition coefficient (Wildman–Crippen LogP) is 1.71. The van der Waals surface area contributed by atoms with Crippen molar-refractivity contribution >= 4 is 28.9 Å². The lowest BCUT2D eigenvalue weighted by molar-refractivity contribution is 0.0703. The molecule has 0 spiro atoms. The number of aromatic nitrogens is 1. The minimum Gasteiger partial charge on any atom is -0.477 e. The van der Waals surface area contributed by atoms with Gasteiger partial charge in [0.05, 0.1) is 5.69 Å². The van der Waals surface area contributed by atoms with E-state index in [0.717, 1.165) is 11.3 Å². The molecule has 1 amide bonds. The van der Waals surface area contributed by atoms with Crippen LogP contribution in [0.1, 0.15) is 25.6 Å². The number of pyridine rings is 1. The molecule has 0 bridgehead atoms. The molecule has 2 rings (SSSR count). The topological polar surface area (TPSA) is 88.4 Å². The zero-order valence-electron chi connectivity index (χ0n) is 10.8. The van der Waals surface area contributed by atoms with Gasteiger partial charge in [0.15, 0.2) is 0 Å². The van der Waals surface area contributed by atoms with Gasteiger partial charge in [0, 0.05) is 24.9 Å². The van der Waals surface area contributed by atoms with Gasteiger partial charge in [-0.3, -0.25) is 9.59 Å². The van der Waals surface area contributed by atoms with Gasteiger partial charge in [-0.05, 0) is 23.9 Å². The van der Waals surface area contributed by atoms with Crippen molar-refractivity contribution in [2.45, 2.75) is 6.92 Å². The molecule has 0 saturated carbocycles. The van der Waals surface area contributed by atoms with E-state index < -0.39 is 11.9 Å². The van der Waals surface area contributed by atoms with Crippen molar-refractivity contribution in [2.24, 2.45) is 7.05 Å². The largest absolute Gasteiger partial charge is 0.477 e. The summed E-state index contributed by atoms with van der Waals surface area (Å²) < 4.78 is 1.34. The number of rotatable bonds is 3. The Labute approximate surface area is 118 Å². The number of aromatic carboxylic acids is 1. The minimum absolute atomic E-state index is 0.0692. The predicted molar refractivity (Wildman–Crippen MR) is 75.7 cm³/mol. The Kier molecular flexibility index (Phi) is 3.71. The standard InChI is InChI=1S/C13H12N2O4S/c1-7-6-20-11(13(18)19)10(7)14-12(17)8-3-4-15(2)9(16)5-8/h3-6H,1-2H3,(H,14,17)(H,18,19). The Morgan fingerprint density at radius 3 is 2.70 bits per heavy atom. The highest BCUT2D eigenvalue weighted by Crippen LogP contribution is 2.27. The zero-order chi connectivity index (χ0) is 14.9. The molecule has 0 atom stereocenters. The van der Waals surface area contributed by atoms with E-state index in [-0.39, 0.29) is 21.7 Å². The van der Waals surface area contributed by atoms with E-state index in [2.05, 4.69) is 5.32 Å². The molecule has 0 aliphatic rings. The molecular weight excluding hydrogens is 280 g/mol. The zero-order valence-corrected chi connectivity index (χ0v) is 11.7. The fraction of sp³-hybridized carbons (Fsp3) is 0.154. The maximum absolute atomic E-state index is 12.1. The van der Waals surface area contributed by atoms with E-state index in [1.165, 1.54) is 22.9 Å². The van der Waals surface area contributed by atoms with E-state index in [1.807, 2.05) is 0 Å². The average molecular weight is 292 g/mol. The van der Waals surface area contributed by atoms with Crippen molar-refractivity contribution < 1.29 is 14.7 Å². The number of nitrogens with one attached hydrogen (secondary N) is 1. The van der Waals surface area contributed by atoms with E-state index >= 15 is 0 Å². The van der Waals surface area contributed by atoms with Gasteiger partial charge in [0.2, 0.25) is 0 Å². The summed E-state index contributed by atoms with van der Waals surface area (Å²) in [6, 6.07) is 2.70. The van der Waals surface area contributed by atoms with Crippen LogP contribution in [-0.4, -0.2) is 21.6 Å². The molecule has 0 aromatic carbocycles. The third kappa shape index (κ3) is 2.62. The molecule has 0 saturated heterocycles. The molecule has 0 radical (unpaired) electrons. The monoisotopic (exact) mass is 292 g/mol. The number of anilines is 1. The molecule has 0 unspecified atom stereocenters. The van der Waals surface area contributed by atoms with Crippen molar-refractivity contribution in [3.8, 4) is 0 Å². The Balaban J connectivity index is 2.32. The molecule has 2 heterocycles. The molecule has 0 aliphatic carbocycles.